The molecule has 5 rings (SSSR count). The largest absolute Gasteiger partial charge is 0.508 e. The zero-order chi connectivity index (χ0) is 27.0. The van der Waals surface area contributed by atoms with Crippen molar-refractivity contribution in [3.8, 4) is 34.5 Å². The average Bonchev–Trinajstić information content (AvgIpc) is 2.88. The van der Waals surface area contributed by atoms with E-state index in [1.165, 1.54) is 60.7 Å². The summed E-state index contributed by atoms with van der Waals surface area (Å²) >= 11 is 0. The van der Waals surface area contributed by atoms with Crippen molar-refractivity contribution >= 4 is 17.6 Å². The first-order valence-electron chi connectivity index (χ1n) is 11.6. The maximum Gasteiger partial charge on any atom is 0.189 e. The van der Waals surface area contributed by atoms with Crippen LogP contribution in [0, 0.1) is 0 Å². The Balaban J connectivity index is 1.55. The second kappa shape index (κ2) is 9.67. The van der Waals surface area contributed by atoms with Gasteiger partial charge >= 0.3 is 0 Å². The lowest BCUT2D eigenvalue weighted by atomic mass is 9.80. The van der Waals surface area contributed by atoms with Crippen LogP contribution in [0.15, 0.2) is 84.9 Å². The quantitative estimate of drug-likeness (QED) is 0.182. The molecular weight excluding hydrogens is 488 g/mol. The lowest BCUT2D eigenvalue weighted by Crippen LogP contribution is -2.30. The summed E-state index contributed by atoms with van der Waals surface area (Å²) in [6, 6.07) is 18.5. The Morgan fingerprint density at radius 2 is 1.42 bits per heavy atom. The van der Waals surface area contributed by atoms with E-state index >= 15 is 0 Å². The van der Waals surface area contributed by atoms with Crippen molar-refractivity contribution < 1.29 is 39.9 Å². The number of aromatic hydroxyl groups is 5. The predicted octanol–water partition coefficient (Wildman–Crippen LogP) is 5.21. The molecule has 0 fully saturated rings. The Morgan fingerprint density at radius 3 is 2.16 bits per heavy atom. The highest BCUT2D eigenvalue weighted by Gasteiger charge is 2.40. The summed E-state index contributed by atoms with van der Waals surface area (Å²) in [5.74, 6) is -2.37. The minimum absolute atomic E-state index is 0.00108. The molecule has 8 nitrogen and oxygen atoms in total. The van der Waals surface area contributed by atoms with Crippen molar-refractivity contribution in [3.63, 3.8) is 0 Å². The van der Waals surface area contributed by atoms with E-state index in [1.807, 2.05) is 0 Å². The fourth-order valence-corrected chi connectivity index (χ4v) is 4.47. The summed E-state index contributed by atoms with van der Waals surface area (Å²) in [6.45, 7) is 0. The molecule has 4 aromatic rings. The van der Waals surface area contributed by atoms with Crippen molar-refractivity contribution in [1.29, 1.82) is 0 Å². The highest BCUT2D eigenvalue weighted by atomic mass is 16.5. The van der Waals surface area contributed by atoms with Gasteiger partial charge in [-0.3, -0.25) is 9.59 Å². The number of Topliss-reactive ketones (excluding diaryl/α,β-unsaturated/α-hetero) is 1. The summed E-state index contributed by atoms with van der Waals surface area (Å²) < 4.78 is 6.16. The van der Waals surface area contributed by atoms with Crippen molar-refractivity contribution in [3.05, 3.63) is 113 Å². The summed E-state index contributed by atoms with van der Waals surface area (Å²) in [5.41, 5.74) is 1.56. The number of benzene rings is 4. The van der Waals surface area contributed by atoms with Crippen LogP contribution < -0.4 is 4.74 Å². The summed E-state index contributed by atoms with van der Waals surface area (Å²) in [4.78, 5) is 26.3. The fourth-order valence-electron chi connectivity index (χ4n) is 4.47. The Labute approximate surface area is 217 Å². The first kappa shape index (κ1) is 24.5. The second-order valence-electron chi connectivity index (χ2n) is 8.87. The molecule has 0 saturated heterocycles. The number of phenolic OH excluding ortho intramolecular Hbond substituents is 5. The number of ketones is 2. The molecule has 0 radical (unpaired) electrons. The van der Waals surface area contributed by atoms with E-state index in [1.54, 1.807) is 24.3 Å². The van der Waals surface area contributed by atoms with E-state index in [0.717, 1.165) is 6.07 Å². The monoisotopic (exact) mass is 510 g/mol. The van der Waals surface area contributed by atoms with Crippen LogP contribution in [-0.4, -0.2) is 37.1 Å². The van der Waals surface area contributed by atoms with Crippen LogP contribution in [0.1, 0.15) is 49.4 Å². The summed E-state index contributed by atoms with van der Waals surface area (Å²) in [6.07, 6.45) is 1.82. The lowest BCUT2D eigenvalue weighted by molar-refractivity contribution is 0.0777. The van der Waals surface area contributed by atoms with E-state index in [2.05, 4.69) is 0 Å². The summed E-state index contributed by atoms with van der Waals surface area (Å²) in [5, 5.41) is 49.9. The van der Waals surface area contributed by atoms with E-state index in [-0.39, 0.29) is 57.0 Å². The average molecular weight is 510 g/mol. The molecule has 190 valence electrons. The molecule has 0 unspecified atom stereocenters. The lowest BCUT2D eigenvalue weighted by Gasteiger charge is -2.33. The predicted molar refractivity (Wildman–Crippen MR) is 138 cm³/mol. The molecule has 1 aliphatic heterocycles. The van der Waals surface area contributed by atoms with Gasteiger partial charge in [-0.1, -0.05) is 24.3 Å². The maximum atomic E-state index is 13.7. The smallest absolute Gasteiger partial charge is 0.189 e. The molecule has 5 N–H and O–H groups in total. The van der Waals surface area contributed by atoms with Crippen molar-refractivity contribution in [2.24, 2.45) is 0 Å². The van der Waals surface area contributed by atoms with E-state index in [0.29, 0.717) is 11.1 Å². The summed E-state index contributed by atoms with van der Waals surface area (Å²) in [7, 11) is 0. The first-order chi connectivity index (χ1) is 18.2. The van der Waals surface area contributed by atoms with E-state index in [4.69, 9.17) is 4.74 Å². The van der Waals surface area contributed by atoms with Gasteiger partial charge in [0.2, 0.25) is 0 Å². The normalized spacial score (nSPS) is 16.7. The molecule has 8 heteroatoms. The first-order valence-corrected chi connectivity index (χ1v) is 11.6. The molecule has 0 aliphatic carbocycles. The molecule has 0 spiro atoms. The van der Waals surface area contributed by atoms with Crippen molar-refractivity contribution in [2.45, 2.75) is 12.0 Å². The number of phenols is 5. The van der Waals surface area contributed by atoms with E-state index < -0.39 is 17.8 Å². The second-order valence-corrected chi connectivity index (χ2v) is 8.87. The van der Waals surface area contributed by atoms with Crippen LogP contribution in [0.5, 0.6) is 34.5 Å². The molecule has 2 atom stereocenters. The molecule has 0 amide bonds. The van der Waals surface area contributed by atoms with Gasteiger partial charge in [0.15, 0.2) is 11.6 Å². The minimum atomic E-state index is -0.984. The van der Waals surface area contributed by atoms with Crippen LogP contribution in [0.2, 0.25) is 0 Å². The Morgan fingerprint density at radius 1 is 0.737 bits per heavy atom. The van der Waals surface area contributed by atoms with Gasteiger partial charge in [-0.2, -0.15) is 0 Å². The van der Waals surface area contributed by atoms with Crippen LogP contribution in [0.3, 0.4) is 0 Å². The third-order valence-corrected chi connectivity index (χ3v) is 6.35. The number of fused-ring (bicyclic) bond motifs is 1. The third-order valence-electron chi connectivity index (χ3n) is 6.35. The molecule has 38 heavy (non-hydrogen) atoms. The van der Waals surface area contributed by atoms with Gasteiger partial charge in [0.05, 0.1) is 17.0 Å². The zero-order valence-corrected chi connectivity index (χ0v) is 19.8. The van der Waals surface area contributed by atoms with E-state index in [9.17, 15) is 35.1 Å². The van der Waals surface area contributed by atoms with Gasteiger partial charge in [0, 0.05) is 17.7 Å². The number of ether oxygens (including phenoxy) is 1. The van der Waals surface area contributed by atoms with Gasteiger partial charge in [0.1, 0.15) is 40.6 Å². The Bertz CT molecular complexity index is 1590. The number of hydrogen-bond donors (Lipinski definition) is 5. The minimum Gasteiger partial charge on any atom is -0.508 e. The molecule has 0 aromatic heterocycles. The molecule has 0 saturated carbocycles. The fraction of sp³-hybridized carbons (Fsp3) is 0.0667. The molecule has 4 aromatic carbocycles. The van der Waals surface area contributed by atoms with Gasteiger partial charge in [-0.25, -0.2) is 0 Å². The standard InChI is InChI=1S/C30H22O8/c31-18-5-3-17(4-6-18)30-28(29(37)22-10-8-20(33)15-27(22)38-30)23-13-16(2-12-25(23)35)1-11-24(34)21-9-7-19(32)14-26(21)36/h1-15,28,30-33,35-36H/t28-,30+/m1/s1. The number of carbonyl (C=O) groups excluding carboxylic acids is 2. The maximum absolute atomic E-state index is 13.7. The Hall–Kier alpha value is -5.24. The van der Waals surface area contributed by atoms with Gasteiger partial charge in [-0.05, 0) is 65.7 Å². The van der Waals surface area contributed by atoms with Crippen LogP contribution in [0.25, 0.3) is 6.08 Å². The molecule has 1 heterocycles. The topological polar surface area (TPSA) is 145 Å². The van der Waals surface area contributed by atoms with Crippen LogP contribution in [-0.2, 0) is 0 Å². The molecular formula is C30H22O8. The highest BCUT2D eigenvalue weighted by molar-refractivity contribution is 6.09. The molecule has 0 bridgehead atoms. The van der Waals surface area contributed by atoms with Crippen LogP contribution in [0.4, 0.5) is 0 Å². The van der Waals surface area contributed by atoms with Crippen molar-refractivity contribution in [2.75, 3.05) is 0 Å². The number of allylic oxidation sites excluding steroid dienone is 1. The third kappa shape index (κ3) is 4.62. The Kier molecular flexibility index (Phi) is 6.22. The van der Waals surface area contributed by atoms with Crippen molar-refractivity contribution in [1.82, 2.24) is 0 Å². The number of hydrogen-bond acceptors (Lipinski definition) is 8. The van der Waals surface area contributed by atoms with Crippen LogP contribution >= 0.6 is 0 Å². The molecule has 1 aliphatic rings. The zero-order valence-electron chi connectivity index (χ0n) is 19.8. The van der Waals surface area contributed by atoms with Gasteiger partial charge in [0.25, 0.3) is 0 Å². The number of carbonyl (C=O) groups is 2. The van der Waals surface area contributed by atoms with Gasteiger partial charge in [-0.15, -0.1) is 0 Å². The van der Waals surface area contributed by atoms with Gasteiger partial charge < -0.3 is 30.3 Å². The highest BCUT2D eigenvalue weighted by Crippen LogP contribution is 2.47. The number of rotatable bonds is 5. The SMILES string of the molecule is O=C(C=Cc1ccc(O)c([C@@H]2C(=O)c3ccc(O)cc3O[C@H]2c2ccc(O)cc2)c1)c1ccc(O)cc1O.